The van der Waals surface area contributed by atoms with E-state index in [1.54, 1.807) is 0 Å². The van der Waals surface area contributed by atoms with Crippen LogP contribution in [0.2, 0.25) is 0 Å². The Labute approximate surface area is 167 Å². The van der Waals surface area contributed by atoms with E-state index in [0.29, 0.717) is 32.1 Å². The number of carboxylic acid groups (broad SMARTS) is 1. The van der Waals surface area contributed by atoms with E-state index < -0.39 is 30.4 Å². The minimum Gasteiger partial charge on any atom is -0.481 e. The molecule has 0 spiro atoms. The van der Waals surface area contributed by atoms with Crippen LogP contribution < -0.4 is 0 Å². The first-order chi connectivity index (χ1) is 13.4. The lowest BCUT2D eigenvalue weighted by Crippen LogP contribution is -2.24. The summed E-state index contributed by atoms with van der Waals surface area (Å²) in [7, 11) is 0. The highest BCUT2D eigenvalue weighted by atomic mass is 16.5. The molecule has 6 nitrogen and oxygen atoms in total. The van der Waals surface area contributed by atoms with Crippen LogP contribution in [0.3, 0.4) is 0 Å². The molecule has 1 fully saturated rings. The molecule has 1 saturated heterocycles. The zero-order valence-electron chi connectivity index (χ0n) is 16.6. The van der Waals surface area contributed by atoms with Gasteiger partial charge in [-0.05, 0) is 32.1 Å². The fraction of sp³-hybridized carbons (Fsp3) is 0.591. The minimum absolute atomic E-state index is 0.129. The van der Waals surface area contributed by atoms with E-state index in [1.807, 2.05) is 43.4 Å². The molecule has 0 bridgehead atoms. The van der Waals surface area contributed by atoms with E-state index in [0.717, 1.165) is 6.42 Å². The molecule has 1 aliphatic heterocycles. The van der Waals surface area contributed by atoms with Gasteiger partial charge in [-0.3, -0.25) is 4.79 Å². The molecule has 1 heterocycles. The largest absolute Gasteiger partial charge is 0.481 e. The van der Waals surface area contributed by atoms with Crippen molar-refractivity contribution in [2.24, 2.45) is 0 Å². The van der Waals surface area contributed by atoms with Gasteiger partial charge in [-0.25, -0.2) is 0 Å². The maximum Gasteiger partial charge on any atom is 0.303 e. The van der Waals surface area contributed by atoms with Crippen molar-refractivity contribution in [1.29, 1.82) is 0 Å². The molecular formula is C22H34O6. The molecule has 1 rings (SSSR count). The van der Waals surface area contributed by atoms with Gasteiger partial charge in [0.15, 0.2) is 0 Å². The number of carboxylic acids is 1. The maximum absolute atomic E-state index is 10.4. The molecule has 158 valence electrons. The summed E-state index contributed by atoms with van der Waals surface area (Å²) in [5.41, 5.74) is 0. The Balaban J connectivity index is 2.28. The van der Waals surface area contributed by atoms with Gasteiger partial charge in [0.1, 0.15) is 0 Å². The average molecular weight is 395 g/mol. The highest BCUT2D eigenvalue weighted by Crippen LogP contribution is 2.26. The van der Waals surface area contributed by atoms with Crippen molar-refractivity contribution in [3.63, 3.8) is 0 Å². The van der Waals surface area contributed by atoms with Crippen LogP contribution in [0.4, 0.5) is 0 Å². The number of hydrogen-bond donors (Lipinski definition) is 4. The number of ether oxygens (including phenoxy) is 1. The second-order valence-corrected chi connectivity index (χ2v) is 6.92. The highest BCUT2D eigenvalue weighted by molar-refractivity contribution is 5.66. The number of aliphatic carboxylic acids is 1. The van der Waals surface area contributed by atoms with E-state index in [4.69, 9.17) is 9.84 Å². The smallest absolute Gasteiger partial charge is 0.303 e. The molecule has 28 heavy (non-hydrogen) atoms. The van der Waals surface area contributed by atoms with Crippen LogP contribution in [-0.4, -0.2) is 56.9 Å². The molecule has 0 radical (unpaired) electrons. The van der Waals surface area contributed by atoms with Gasteiger partial charge >= 0.3 is 5.97 Å². The number of rotatable bonds is 13. The van der Waals surface area contributed by atoms with E-state index >= 15 is 0 Å². The van der Waals surface area contributed by atoms with Gasteiger partial charge in [0.25, 0.3) is 0 Å². The Kier molecular flexibility index (Phi) is 12.4. The molecule has 0 saturated carbocycles. The minimum atomic E-state index is -0.870. The Bertz CT molecular complexity index is 551. The van der Waals surface area contributed by atoms with E-state index in [9.17, 15) is 20.1 Å². The van der Waals surface area contributed by atoms with Crippen LogP contribution in [0, 0.1) is 0 Å². The van der Waals surface area contributed by atoms with Crippen molar-refractivity contribution >= 4 is 5.97 Å². The summed E-state index contributed by atoms with van der Waals surface area (Å²) >= 11 is 0. The Hall–Kier alpha value is -1.73. The fourth-order valence-corrected chi connectivity index (χ4v) is 2.87. The summed E-state index contributed by atoms with van der Waals surface area (Å²) in [6.45, 7) is 2.04. The molecule has 4 N–H and O–H groups in total. The predicted molar refractivity (Wildman–Crippen MR) is 109 cm³/mol. The highest BCUT2D eigenvalue weighted by Gasteiger charge is 2.36. The standard InChI is InChI=1S/C22H34O6/c1-2-3-8-12-20-19(25)16-21(28-20)18(24)15-14-17(23)11-9-6-4-5-7-10-13-22(26)27/h3,5-9,14-15,17-21,23-25H,2,4,10-13,16H2,1H3,(H,26,27)/b7-5-,8-3-,9-6-,15-14+/t17-,18-,19+,20+,21+/m0/s1. The fourth-order valence-electron chi connectivity index (χ4n) is 2.87. The van der Waals surface area contributed by atoms with Crippen LogP contribution >= 0.6 is 0 Å². The van der Waals surface area contributed by atoms with E-state index in [-0.39, 0.29) is 12.5 Å². The van der Waals surface area contributed by atoms with Gasteiger partial charge in [-0.15, -0.1) is 0 Å². The van der Waals surface area contributed by atoms with Gasteiger partial charge < -0.3 is 25.2 Å². The number of hydrogen-bond acceptors (Lipinski definition) is 5. The third-order valence-corrected chi connectivity index (χ3v) is 4.44. The molecule has 6 heteroatoms. The summed E-state index contributed by atoms with van der Waals surface area (Å²) in [5.74, 6) is -0.807. The van der Waals surface area contributed by atoms with Crippen LogP contribution in [0.25, 0.3) is 0 Å². The summed E-state index contributed by atoms with van der Waals surface area (Å²) in [5, 5.41) is 38.7. The number of allylic oxidation sites excluding steroid dienone is 4. The SMILES string of the molecule is CC/C=C\C[C@H]1O[C@@H]([C@@H](O)/C=C/[C@@H](O)C/C=C\C/C=C\CCC(=O)O)C[C@H]1O. The Morgan fingerprint density at radius 3 is 2.57 bits per heavy atom. The number of carbonyl (C=O) groups is 1. The van der Waals surface area contributed by atoms with Gasteiger partial charge in [0.05, 0.1) is 30.5 Å². The van der Waals surface area contributed by atoms with Crippen molar-refractivity contribution in [2.75, 3.05) is 0 Å². The van der Waals surface area contributed by atoms with Crippen molar-refractivity contribution in [3.05, 3.63) is 48.6 Å². The summed E-state index contributed by atoms with van der Waals surface area (Å²) in [6, 6.07) is 0. The lowest BCUT2D eigenvalue weighted by atomic mass is 10.0. The first-order valence-corrected chi connectivity index (χ1v) is 9.98. The molecule has 1 aliphatic rings. The summed E-state index contributed by atoms with van der Waals surface area (Å²) < 4.78 is 5.73. The zero-order chi connectivity index (χ0) is 20.8. The van der Waals surface area contributed by atoms with Crippen LogP contribution in [-0.2, 0) is 9.53 Å². The summed E-state index contributed by atoms with van der Waals surface area (Å²) in [6.07, 6.45) is 15.3. The average Bonchev–Trinajstić information content (AvgIpc) is 3.02. The monoisotopic (exact) mass is 394 g/mol. The van der Waals surface area contributed by atoms with E-state index in [2.05, 4.69) is 0 Å². The van der Waals surface area contributed by atoms with Crippen molar-refractivity contribution in [3.8, 4) is 0 Å². The van der Waals surface area contributed by atoms with Crippen molar-refractivity contribution < 1.29 is 30.0 Å². The molecule has 0 aromatic rings. The van der Waals surface area contributed by atoms with Gasteiger partial charge in [-0.2, -0.15) is 0 Å². The first kappa shape index (κ1) is 24.3. The number of aliphatic hydroxyl groups excluding tert-OH is 3. The third-order valence-electron chi connectivity index (χ3n) is 4.44. The zero-order valence-corrected chi connectivity index (χ0v) is 16.6. The second-order valence-electron chi connectivity index (χ2n) is 6.92. The number of aliphatic hydroxyl groups is 3. The van der Waals surface area contributed by atoms with Gasteiger partial charge in [-0.1, -0.05) is 55.5 Å². The molecule has 0 aromatic carbocycles. The van der Waals surface area contributed by atoms with Crippen molar-refractivity contribution in [1.82, 2.24) is 0 Å². The molecule has 0 aliphatic carbocycles. The van der Waals surface area contributed by atoms with Crippen LogP contribution in [0.15, 0.2) is 48.6 Å². The molecule has 5 atom stereocenters. The lowest BCUT2D eigenvalue weighted by Gasteiger charge is -2.16. The summed E-state index contributed by atoms with van der Waals surface area (Å²) in [4.78, 5) is 10.4. The maximum atomic E-state index is 10.4. The molecule has 0 amide bonds. The molecule has 0 aromatic heterocycles. The Morgan fingerprint density at radius 1 is 1.11 bits per heavy atom. The predicted octanol–water partition coefficient (Wildman–Crippen LogP) is 2.90. The second kappa shape index (κ2) is 14.3. The Morgan fingerprint density at radius 2 is 1.86 bits per heavy atom. The van der Waals surface area contributed by atoms with Crippen molar-refractivity contribution in [2.45, 2.75) is 82.4 Å². The molecular weight excluding hydrogens is 360 g/mol. The third kappa shape index (κ3) is 10.6. The van der Waals surface area contributed by atoms with Gasteiger partial charge in [0, 0.05) is 12.8 Å². The topological polar surface area (TPSA) is 107 Å². The normalized spacial score (nSPS) is 25.5. The lowest BCUT2D eigenvalue weighted by molar-refractivity contribution is -0.136. The van der Waals surface area contributed by atoms with Gasteiger partial charge in [0.2, 0.25) is 0 Å². The van der Waals surface area contributed by atoms with Crippen LogP contribution in [0.1, 0.15) is 51.9 Å². The van der Waals surface area contributed by atoms with Crippen LogP contribution in [0.5, 0.6) is 0 Å². The quantitative estimate of drug-likeness (QED) is 0.358. The van der Waals surface area contributed by atoms with E-state index in [1.165, 1.54) is 12.2 Å². The first-order valence-electron chi connectivity index (χ1n) is 9.98. The molecule has 0 unspecified atom stereocenters.